The third-order valence-electron chi connectivity index (χ3n) is 3.02. The van der Waals surface area contributed by atoms with E-state index in [0.717, 1.165) is 5.69 Å². The number of nitriles is 1. The molecule has 0 aromatic heterocycles. The van der Waals surface area contributed by atoms with E-state index >= 15 is 0 Å². The molecule has 0 bridgehead atoms. The monoisotopic (exact) mass is 286 g/mol. The van der Waals surface area contributed by atoms with Gasteiger partial charge in [-0.25, -0.2) is 4.39 Å². The minimum Gasteiger partial charge on any atom is -0.497 e. The quantitative estimate of drug-likeness (QED) is 0.916. The summed E-state index contributed by atoms with van der Waals surface area (Å²) in [6.45, 7) is 0.330. The van der Waals surface area contributed by atoms with Crippen LogP contribution in [0.25, 0.3) is 0 Å². The van der Waals surface area contributed by atoms with Gasteiger partial charge in [-0.3, -0.25) is 0 Å². The minimum absolute atomic E-state index is 0.330. The van der Waals surface area contributed by atoms with Crippen LogP contribution in [0.5, 0.6) is 11.5 Å². The molecule has 2 aromatic rings. The molecule has 2 aromatic carbocycles. The van der Waals surface area contributed by atoms with E-state index in [1.165, 1.54) is 18.2 Å². The van der Waals surface area contributed by atoms with Gasteiger partial charge in [0.2, 0.25) is 0 Å². The van der Waals surface area contributed by atoms with Crippen molar-refractivity contribution in [1.29, 1.82) is 5.26 Å². The highest BCUT2D eigenvalue weighted by Crippen LogP contribution is 2.26. The largest absolute Gasteiger partial charge is 0.497 e. The van der Waals surface area contributed by atoms with Crippen molar-refractivity contribution in [3.63, 3.8) is 0 Å². The van der Waals surface area contributed by atoms with Gasteiger partial charge >= 0.3 is 0 Å². The van der Waals surface area contributed by atoms with Crippen LogP contribution in [-0.4, -0.2) is 14.2 Å². The number of methoxy groups -OCH3 is 2. The van der Waals surface area contributed by atoms with Crippen LogP contribution in [-0.2, 0) is 6.54 Å². The lowest BCUT2D eigenvalue weighted by Crippen LogP contribution is -2.03. The molecule has 0 saturated heterocycles. The lowest BCUT2D eigenvalue weighted by atomic mass is 10.1. The molecule has 0 aliphatic rings. The molecule has 21 heavy (non-hydrogen) atoms. The van der Waals surface area contributed by atoms with Crippen LogP contribution in [0.3, 0.4) is 0 Å². The molecule has 0 radical (unpaired) electrons. The normalized spacial score (nSPS) is 9.81. The van der Waals surface area contributed by atoms with Gasteiger partial charge in [0.15, 0.2) is 0 Å². The SMILES string of the molecule is COc1cc(NCc2cc(F)ccc2C#N)cc(OC)c1. The molecular weight excluding hydrogens is 271 g/mol. The van der Waals surface area contributed by atoms with Gasteiger partial charge in [-0.2, -0.15) is 5.26 Å². The fraction of sp³-hybridized carbons (Fsp3) is 0.188. The summed E-state index contributed by atoms with van der Waals surface area (Å²) in [4.78, 5) is 0. The first-order chi connectivity index (χ1) is 10.2. The maximum Gasteiger partial charge on any atom is 0.124 e. The fourth-order valence-corrected chi connectivity index (χ4v) is 1.92. The van der Waals surface area contributed by atoms with Gasteiger partial charge in [0.25, 0.3) is 0 Å². The predicted molar refractivity (Wildman–Crippen MR) is 78.0 cm³/mol. The lowest BCUT2D eigenvalue weighted by Gasteiger charge is -2.11. The number of hydrogen-bond donors (Lipinski definition) is 1. The zero-order valence-electron chi connectivity index (χ0n) is 11.8. The van der Waals surface area contributed by atoms with E-state index in [0.29, 0.717) is 29.2 Å². The molecule has 4 nitrogen and oxygen atoms in total. The molecule has 0 amide bonds. The molecule has 0 atom stereocenters. The Bertz CT molecular complexity index is 658. The van der Waals surface area contributed by atoms with Crippen molar-refractivity contribution in [2.24, 2.45) is 0 Å². The summed E-state index contributed by atoms with van der Waals surface area (Å²) < 4.78 is 23.6. The summed E-state index contributed by atoms with van der Waals surface area (Å²) in [6.07, 6.45) is 0. The van der Waals surface area contributed by atoms with E-state index in [-0.39, 0.29) is 5.82 Å². The Labute approximate surface area is 122 Å². The standard InChI is InChI=1S/C16H15FN2O2/c1-20-15-6-14(7-16(8-15)21-2)19-10-12-5-13(17)4-3-11(12)9-18/h3-8,19H,10H2,1-2H3. The zero-order chi connectivity index (χ0) is 15.2. The van der Waals surface area contributed by atoms with E-state index in [2.05, 4.69) is 5.32 Å². The summed E-state index contributed by atoms with van der Waals surface area (Å²) in [5, 5.41) is 12.2. The summed E-state index contributed by atoms with van der Waals surface area (Å²) in [6, 6.07) is 11.5. The van der Waals surface area contributed by atoms with Crippen LogP contribution in [0.15, 0.2) is 36.4 Å². The van der Waals surface area contributed by atoms with E-state index < -0.39 is 0 Å². The third-order valence-corrected chi connectivity index (χ3v) is 3.02. The van der Waals surface area contributed by atoms with Crippen molar-refractivity contribution < 1.29 is 13.9 Å². The van der Waals surface area contributed by atoms with E-state index in [9.17, 15) is 4.39 Å². The van der Waals surface area contributed by atoms with Gasteiger partial charge in [-0.15, -0.1) is 0 Å². The predicted octanol–water partition coefficient (Wildman–Crippen LogP) is 3.33. The third kappa shape index (κ3) is 3.63. The summed E-state index contributed by atoms with van der Waals surface area (Å²) >= 11 is 0. The molecule has 0 unspecified atom stereocenters. The van der Waals surface area contributed by atoms with Crippen LogP contribution in [0.1, 0.15) is 11.1 Å². The van der Waals surface area contributed by atoms with Gasteiger partial charge in [0, 0.05) is 30.4 Å². The van der Waals surface area contributed by atoms with Gasteiger partial charge in [0.05, 0.1) is 25.9 Å². The van der Waals surface area contributed by atoms with Crippen LogP contribution >= 0.6 is 0 Å². The number of rotatable bonds is 5. The van der Waals surface area contributed by atoms with Crippen molar-refractivity contribution in [2.45, 2.75) is 6.54 Å². The van der Waals surface area contributed by atoms with E-state index in [1.54, 1.807) is 32.4 Å². The Morgan fingerprint density at radius 3 is 2.33 bits per heavy atom. The van der Waals surface area contributed by atoms with Crippen molar-refractivity contribution in [3.05, 3.63) is 53.3 Å². The van der Waals surface area contributed by atoms with Gasteiger partial charge in [-0.1, -0.05) is 0 Å². The van der Waals surface area contributed by atoms with Crippen molar-refractivity contribution in [1.82, 2.24) is 0 Å². The zero-order valence-corrected chi connectivity index (χ0v) is 11.8. The molecule has 0 aliphatic heterocycles. The molecule has 0 spiro atoms. The Morgan fingerprint density at radius 1 is 1.10 bits per heavy atom. The van der Waals surface area contributed by atoms with Crippen LogP contribution in [0.4, 0.5) is 10.1 Å². The molecule has 0 aliphatic carbocycles. The first kappa shape index (κ1) is 14.7. The molecule has 2 rings (SSSR count). The Hall–Kier alpha value is -2.74. The van der Waals surface area contributed by atoms with Crippen LogP contribution in [0.2, 0.25) is 0 Å². The minimum atomic E-state index is -0.367. The first-order valence-corrected chi connectivity index (χ1v) is 6.31. The molecule has 108 valence electrons. The summed E-state index contributed by atoms with van der Waals surface area (Å²) in [5.41, 5.74) is 1.80. The van der Waals surface area contributed by atoms with Gasteiger partial charge < -0.3 is 14.8 Å². The fourth-order valence-electron chi connectivity index (χ4n) is 1.92. The number of hydrogen-bond acceptors (Lipinski definition) is 4. The Morgan fingerprint density at radius 2 is 1.76 bits per heavy atom. The second-order valence-electron chi connectivity index (χ2n) is 4.37. The summed E-state index contributed by atoms with van der Waals surface area (Å²) in [5.74, 6) is 0.933. The number of anilines is 1. The number of nitrogens with zero attached hydrogens (tertiary/aromatic N) is 1. The number of ether oxygens (including phenoxy) is 2. The molecular formula is C16H15FN2O2. The average Bonchev–Trinajstić information content (AvgIpc) is 2.52. The maximum absolute atomic E-state index is 13.3. The first-order valence-electron chi connectivity index (χ1n) is 6.31. The molecule has 1 N–H and O–H groups in total. The molecule has 0 heterocycles. The Balaban J connectivity index is 2.20. The van der Waals surface area contributed by atoms with Crippen LogP contribution < -0.4 is 14.8 Å². The van der Waals surface area contributed by atoms with Crippen molar-refractivity contribution in [3.8, 4) is 17.6 Å². The average molecular weight is 286 g/mol. The van der Waals surface area contributed by atoms with Crippen LogP contribution in [0, 0.1) is 17.1 Å². The number of halogens is 1. The molecule has 0 saturated carbocycles. The highest BCUT2D eigenvalue weighted by Gasteiger charge is 2.06. The van der Waals surface area contributed by atoms with Crippen molar-refractivity contribution >= 4 is 5.69 Å². The Kier molecular flexibility index (Phi) is 4.62. The molecule has 0 fully saturated rings. The molecule has 5 heteroatoms. The lowest BCUT2D eigenvalue weighted by molar-refractivity contribution is 0.394. The highest BCUT2D eigenvalue weighted by atomic mass is 19.1. The van der Waals surface area contributed by atoms with E-state index in [1.807, 2.05) is 6.07 Å². The van der Waals surface area contributed by atoms with Gasteiger partial charge in [0.1, 0.15) is 17.3 Å². The van der Waals surface area contributed by atoms with E-state index in [4.69, 9.17) is 14.7 Å². The highest BCUT2D eigenvalue weighted by molar-refractivity contribution is 5.54. The topological polar surface area (TPSA) is 54.3 Å². The number of nitrogens with one attached hydrogen (secondary N) is 1. The summed E-state index contributed by atoms with van der Waals surface area (Å²) in [7, 11) is 3.14. The smallest absolute Gasteiger partial charge is 0.124 e. The second-order valence-corrected chi connectivity index (χ2v) is 4.37. The van der Waals surface area contributed by atoms with Crippen molar-refractivity contribution in [2.75, 3.05) is 19.5 Å². The number of benzene rings is 2. The second kappa shape index (κ2) is 6.62. The maximum atomic E-state index is 13.3. The van der Waals surface area contributed by atoms with Gasteiger partial charge in [-0.05, 0) is 23.8 Å².